The molecule has 108 valence electrons. The molecule has 2 fully saturated rings. The highest BCUT2D eigenvalue weighted by atomic mass is 16.8. The van der Waals surface area contributed by atoms with Crippen LogP contribution in [0.1, 0.15) is 41.4 Å². The van der Waals surface area contributed by atoms with Gasteiger partial charge in [0.05, 0.1) is 6.04 Å². The summed E-state index contributed by atoms with van der Waals surface area (Å²) in [5.74, 6) is -0.988. The number of primary amides is 1. The molecule has 3 N–H and O–H groups in total. The third kappa shape index (κ3) is 2.12. The summed E-state index contributed by atoms with van der Waals surface area (Å²) < 4.78 is 11.9. The monoisotopic (exact) mass is 276 g/mol. The van der Waals surface area contributed by atoms with Crippen molar-refractivity contribution in [2.45, 2.75) is 44.8 Å². The summed E-state index contributed by atoms with van der Waals surface area (Å²) in [6, 6.07) is 5.53. The van der Waals surface area contributed by atoms with E-state index in [9.17, 15) is 4.79 Å². The molecule has 2 heterocycles. The Labute approximate surface area is 118 Å². The normalized spacial score (nSPS) is 31.2. The molecule has 0 spiro atoms. The second kappa shape index (κ2) is 4.55. The largest absolute Gasteiger partial charge is 0.366 e. The van der Waals surface area contributed by atoms with Crippen LogP contribution in [0.15, 0.2) is 18.2 Å². The number of nitrogens with one attached hydrogen (secondary N) is 1. The van der Waals surface area contributed by atoms with E-state index in [-0.39, 0.29) is 18.2 Å². The summed E-state index contributed by atoms with van der Waals surface area (Å²) in [6.07, 6.45) is -0.0838. The Bertz CT molecular complexity index is 556. The summed E-state index contributed by atoms with van der Waals surface area (Å²) in [4.78, 5) is 11.7. The molecule has 0 radical (unpaired) electrons. The molecule has 1 amide bonds. The molecule has 1 aromatic rings. The van der Waals surface area contributed by atoms with Crippen LogP contribution in [0.25, 0.3) is 0 Å². The first-order valence-electron chi connectivity index (χ1n) is 6.87. The predicted molar refractivity (Wildman–Crippen MR) is 74.3 cm³/mol. The fraction of sp³-hybridized carbons (Fsp3) is 0.533. The van der Waals surface area contributed by atoms with E-state index in [1.807, 2.05) is 32.9 Å². The van der Waals surface area contributed by atoms with Crippen LogP contribution in [0.5, 0.6) is 0 Å². The number of carbonyl (C=O) groups is 1. The third-order valence-corrected chi connectivity index (χ3v) is 3.99. The van der Waals surface area contributed by atoms with Gasteiger partial charge >= 0.3 is 0 Å². The lowest BCUT2D eigenvalue weighted by atomic mass is 9.92. The molecule has 5 heteroatoms. The highest BCUT2D eigenvalue weighted by Crippen LogP contribution is 2.40. The molecule has 2 saturated heterocycles. The zero-order valence-electron chi connectivity index (χ0n) is 12.0. The van der Waals surface area contributed by atoms with Gasteiger partial charge in [-0.15, -0.1) is 0 Å². The quantitative estimate of drug-likeness (QED) is 0.853. The van der Waals surface area contributed by atoms with E-state index in [2.05, 4.69) is 5.32 Å². The molecule has 3 unspecified atom stereocenters. The van der Waals surface area contributed by atoms with Gasteiger partial charge in [-0.3, -0.25) is 4.79 Å². The van der Waals surface area contributed by atoms with Crippen molar-refractivity contribution in [3.63, 3.8) is 0 Å². The van der Waals surface area contributed by atoms with Crippen molar-refractivity contribution in [3.05, 3.63) is 34.9 Å². The Balaban J connectivity index is 2.00. The molecule has 2 aliphatic heterocycles. The van der Waals surface area contributed by atoms with Crippen molar-refractivity contribution in [1.82, 2.24) is 5.32 Å². The number of fused-ring (bicyclic) bond motifs is 1. The van der Waals surface area contributed by atoms with Crippen molar-refractivity contribution in [3.8, 4) is 0 Å². The van der Waals surface area contributed by atoms with Gasteiger partial charge in [0.1, 0.15) is 12.2 Å². The lowest BCUT2D eigenvalue weighted by Crippen LogP contribution is -2.31. The zero-order valence-corrected chi connectivity index (χ0v) is 12.0. The van der Waals surface area contributed by atoms with Crippen LogP contribution in [0.3, 0.4) is 0 Å². The first-order valence-corrected chi connectivity index (χ1v) is 6.87. The van der Waals surface area contributed by atoms with E-state index in [1.165, 1.54) is 0 Å². The number of hydrogen-bond donors (Lipinski definition) is 2. The Morgan fingerprint density at radius 1 is 1.40 bits per heavy atom. The first-order chi connectivity index (χ1) is 9.39. The van der Waals surface area contributed by atoms with Crippen molar-refractivity contribution in [1.29, 1.82) is 0 Å². The van der Waals surface area contributed by atoms with Gasteiger partial charge < -0.3 is 20.5 Å². The minimum absolute atomic E-state index is 0.00957. The topological polar surface area (TPSA) is 73.6 Å². The average Bonchev–Trinajstić information content (AvgIpc) is 2.84. The van der Waals surface area contributed by atoms with Crippen molar-refractivity contribution < 1.29 is 14.3 Å². The molecule has 0 bridgehead atoms. The number of nitrogens with two attached hydrogens (primary N) is 1. The summed E-state index contributed by atoms with van der Waals surface area (Å²) in [7, 11) is 0. The molecule has 3 atom stereocenters. The standard InChI is InChI=1S/C15H20N2O3/c1-8-5-4-6-9(14(16)18)11(8)12-13-10(7-17-12)19-15(2,3)20-13/h4-6,10,12-13,17H,7H2,1-3H3,(H2,16,18). The Morgan fingerprint density at radius 2 is 2.15 bits per heavy atom. The van der Waals surface area contributed by atoms with Crippen LogP contribution in [0.2, 0.25) is 0 Å². The van der Waals surface area contributed by atoms with Crippen LogP contribution in [-0.2, 0) is 9.47 Å². The molecule has 3 rings (SSSR count). The van der Waals surface area contributed by atoms with Crippen molar-refractivity contribution >= 4 is 5.91 Å². The van der Waals surface area contributed by atoms with Gasteiger partial charge in [0, 0.05) is 12.1 Å². The van der Waals surface area contributed by atoms with E-state index < -0.39 is 11.7 Å². The number of rotatable bonds is 2. The fourth-order valence-electron chi connectivity index (χ4n) is 3.24. The number of carbonyl (C=O) groups excluding carboxylic acids is 1. The van der Waals surface area contributed by atoms with Crippen LogP contribution < -0.4 is 11.1 Å². The highest BCUT2D eigenvalue weighted by Gasteiger charge is 2.50. The second-order valence-electron chi connectivity index (χ2n) is 5.92. The number of hydrogen-bond acceptors (Lipinski definition) is 4. The summed E-state index contributed by atoms with van der Waals surface area (Å²) in [5.41, 5.74) is 8.01. The first kappa shape index (κ1) is 13.5. The average molecular weight is 276 g/mol. The minimum Gasteiger partial charge on any atom is -0.366 e. The Kier molecular flexibility index (Phi) is 3.08. The zero-order chi connectivity index (χ0) is 14.5. The van der Waals surface area contributed by atoms with Gasteiger partial charge in [-0.05, 0) is 38.0 Å². The molecule has 2 aliphatic rings. The fourth-order valence-corrected chi connectivity index (χ4v) is 3.24. The maximum absolute atomic E-state index is 11.7. The van der Waals surface area contributed by atoms with Gasteiger partial charge in [-0.2, -0.15) is 0 Å². The van der Waals surface area contributed by atoms with Crippen LogP contribution in [0.4, 0.5) is 0 Å². The van der Waals surface area contributed by atoms with E-state index in [0.29, 0.717) is 12.1 Å². The maximum atomic E-state index is 11.7. The lowest BCUT2D eigenvalue weighted by molar-refractivity contribution is -0.153. The van der Waals surface area contributed by atoms with E-state index in [4.69, 9.17) is 15.2 Å². The predicted octanol–water partition coefficient (Wildman–Crippen LogP) is 1.26. The number of aryl methyl sites for hydroxylation is 1. The number of ether oxygens (including phenoxy) is 2. The van der Waals surface area contributed by atoms with E-state index in [1.54, 1.807) is 6.07 Å². The molecule has 5 nitrogen and oxygen atoms in total. The molecule has 0 saturated carbocycles. The second-order valence-corrected chi connectivity index (χ2v) is 5.92. The molecule has 0 aromatic heterocycles. The minimum atomic E-state index is -0.578. The Morgan fingerprint density at radius 3 is 2.85 bits per heavy atom. The molecular weight excluding hydrogens is 256 g/mol. The van der Waals surface area contributed by atoms with Crippen LogP contribution >= 0.6 is 0 Å². The number of amides is 1. The van der Waals surface area contributed by atoms with Gasteiger partial charge in [-0.1, -0.05) is 12.1 Å². The third-order valence-electron chi connectivity index (χ3n) is 3.99. The van der Waals surface area contributed by atoms with Gasteiger partial charge in [0.25, 0.3) is 0 Å². The van der Waals surface area contributed by atoms with Crippen molar-refractivity contribution in [2.75, 3.05) is 6.54 Å². The highest BCUT2D eigenvalue weighted by molar-refractivity contribution is 5.95. The van der Waals surface area contributed by atoms with Crippen LogP contribution in [-0.4, -0.2) is 30.4 Å². The lowest BCUT2D eigenvalue weighted by Gasteiger charge is -2.24. The SMILES string of the molecule is Cc1cccc(C(N)=O)c1C1NCC2OC(C)(C)OC21. The molecular formula is C15H20N2O3. The number of benzene rings is 1. The van der Waals surface area contributed by atoms with Crippen LogP contribution in [0, 0.1) is 6.92 Å². The van der Waals surface area contributed by atoms with Gasteiger partial charge in [0.2, 0.25) is 5.91 Å². The smallest absolute Gasteiger partial charge is 0.249 e. The van der Waals surface area contributed by atoms with Crippen molar-refractivity contribution in [2.24, 2.45) is 5.73 Å². The summed E-state index contributed by atoms with van der Waals surface area (Å²) >= 11 is 0. The van der Waals surface area contributed by atoms with E-state index >= 15 is 0 Å². The Hall–Kier alpha value is -1.43. The molecule has 1 aromatic carbocycles. The summed E-state index contributed by atoms with van der Waals surface area (Å²) in [5, 5.41) is 3.39. The molecule has 0 aliphatic carbocycles. The van der Waals surface area contributed by atoms with Gasteiger partial charge in [0.15, 0.2) is 5.79 Å². The van der Waals surface area contributed by atoms with Gasteiger partial charge in [-0.25, -0.2) is 0 Å². The molecule has 20 heavy (non-hydrogen) atoms. The van der Waals surface area contributed by atoms with E-state index in [0.717, 1.165) is 11.1 Å². The summed E-state index contributed by atoms with van der Waals surface area (Å²) in [6.45, 7) is 6.52. The maximum Gasteiger partial charge on any atom is 0.249 e.